The Morgan fingerprint density at radius 3 is 2.48 bits per heavy atom. The lowest BCUT2D eigenvalue weighted by Crippen LogP contribution is -2.19. The minimum Gasteiger partial charge on any atom is -0.486 e. The first-order valence-electron chi connectivity index (χ1n) is 9.59. The number of anilines is 1. The molecule has 1 N–H and O–H groups in total. The molecule has 0 saturated heterocycles. The normalized spacial score (nSPS) is 13.6. The summed E-state index contributed by atoms with van der Waals surface area (Å²) in [5, 5.41) is 2.73. The largest absolute Gasteiger partial charge is 0.486 e. The molecule has 1 unspecified atom stereocenters. The quantitative estimate of drug-likeness (QED) is 0.566. The number of thioether (sulfide) groups is 1. The van der Waals surface area contributed by atoms with Crippen molar-refractivity contribution >= 4 is 23.4 Å². The number of hydrogen-bond donors (Lipinski definition) is 1. The number of benzene rings is 3. The summed E-state index contributed by atoms with van der Waals surface area (Å²) >= 11 is 1.50. The minimum absolute atomic E-state index is 0.0511. The summed E-state index contributed by atoms with van der Waals surface area (Å²) in [4.78, 5) is 14.2. The smallest absolute Gasteiger partial charge is 0.242 e. The molecule has 4 rings (SSSR count). The zero-order chi connectivity index (χ0) is 20.2. The Labute approximate surface area is 175 Å². The van der Waals surface area contributed by atoms with Crippen molar-refractivity contribution in [1.29, 1.82) is 0 Å². The molecule has 1 aliphatic heterocycles. The number of nitrogens with one attached hydrogen (secondary N) is 1. The van der Waals surface area contributed by atoms with Crippen LogP contribution in [0.5, 0.6) is 11.5 Å². The van der Waals surface area contributed by atoms with E-state index in [-0.39, 0.29) is 5.91 Å². The number of carbonyl (C=O) groups is 1. The van der Waals surface area contributed by atoms with E-state index in [0.29, 0.717) is 13.2 Å². The first-order chi connectivity index (χ1) is 14.1. The number of rotatable bonds is 5. The second kappa shape index (κ2) is 8.62. The molecule has 0 fully saturated rings. The molecule has 0 radical (unpaired) electrons. The third-order valence-electron chi connectivity index (χ3n) is 4.76. The third kappa shape index (κ3) is 4.57. The standard InChI is InChI=1S/C24H23NO3S/c1-16-8-9-17(2)20(14-16)25-24(26)23(18-6-4-3-5-7-18)29-19-10-11-21-22(15-19)28-13-12-27-21/h3-11,14-15,23H,12-13H2,1-2H3,(H,25,26). The van der Waals surface area contributed by atoms with Crippen LogP contribution in [0, 0.1) is 13.8 Å². The van der Waals surface area contributed by atoms with Gasteiger partial charge in [-0.3, -0.25) is 4.79 Å². The highest BCUT2D eigenvalue weighted by molar-refractivity contribution is 8.00. The zero-order valence-corrected chi connectivity index (χ0v) is 17.3. The van der Waals surface area contributed by atoms with E-state index >= 15 is 0 Å². The van der Waals surface area contributed by atoms with Crippen LogP contribution in [0.15, 0.2) is 71.6 Å². The van der Waals surface area contributed by atoms with E-state index in [2.05, 4.69) is 5.32 Å². The van der Waals surface area contributed by atoms with Crippen LogP contribution in [0.25, 0.3) is 0 Å². The summed E-state index contributed by atoms with van der Waals surface area (Å²) in [7, 11) is 0. The van der Waals surface area contributed by atoms with Gasteiger partial charge in [0.15, 0.2) is 11.5 Å². The van der Waals surface area contributed by atoms with Crippen LogP contribution in [-0.4, -0.2) is 19.1 Å². The van der Waals surface area contributed by atoms with Gasteiger partial charge in [-0.1, -0.05) is 42.5 Å². The van der Waals surface area contributed by atoms with Gasteiger partial charge in [0, 0.05) is 10.6 Å². The summed E-state index contributed by atoms with van der Waals surface area (Å²) < 4.78 is 11.3. The Morgan fingerprint density at radius 2 is 1.69 bits per heavy atom. The Morgan fingerprint density at radius 1 is 0.931 bits per heavy atom. The topological polar surface area (TPSA) is 47.6 Å². The van der Waals surface area contributed by atoms with Gasteiger partial charge in [-0.15, -0.1) is 11.8 Å². The number of carbonyl (C=O) groups excluding carboxylic acids is 1. The molecule has 3 aromatic carbocycles. The summed E-state index contributed by atoms with van der Waals surface area (Å²) in [6.07, 6.45) is 0. The van der Waals surface area contributed by atoms with E-state index < -0.39 is 5.25 Å². The van der Waals surface area contributed by atoms with E-state index in [1.807, 2.05) is 80.6 Å². The lowest BCUT2D eigenvalue weighted by atomic mass is 10.1. The molecular formula is C24H23NO3S. The molecule has 1 aliphatic rings. The first kappa shape index (κ1) is 19.4. The molecule has 1 heterocycles. The summed E-state index contributed by atoms with van der Waals surface area (Å²) in [6.45, 7) is 5.12. The van der Waals surface area contributed by atoms with Crippen LogP contribution in [0.1, 0.15) is 21.9 Å². The van der Waals surface area contributed by atoms with Gasteiger partial charge in [-0.05, 0) is 54.8 Å². The lowest BCUT2D eigenvalue weighted by molar-refractivity contribution is -0.115. The molecule has 3 aromatic rings. The van der Waals surface area contributed by atoms with E-state index in [0.717, 1.165) is 38.8 Å². The number of ether oxygens (including phenoxy) is 2. The lowest BCUT2D eigenvalue weighted by Gasteiger charge is -2.21. The SMILES string of the molecule is Cc1ccc(C)c(NC(=O)C(Sc2ccc3c(c2)OCCO3)c2ccccc2)c1. The summed E-state index contributed by atoms with van der Waals surface area (Å²) in [5.41, 5.74) is 3.95. The maximum absolute atomic E-state index is 13.3. The highest BCUT2D eigenvalue weighted by atomic mass is 32.2. The highest BCUT2D eigenvalue weighted by Gasteiger charge is 2.24. The van der Waals surface area contributed by atoms with Crippen molar-refractivity contribution in [1.82, 2.24) is 0 Å². The van der Waals surface area contributed by atoms with Gasteiger partial charge in [0.05, 0.1) is 0 Å². The predicted octanol–water partition coefficient (Wildman–Crippen LogP) is 5.55. The van der Waals surface area contributed by atoms with Gasteiger partial charge in [-0.2, -0.15) is 0 Å². The molecule has 0 saturated carbocycles. The summed E-state index contributed by atoms with van der Waals surface area (Å²) in [6, 6.07) is 21.7. The molecule has 0 bridgehead atoms. The Bertz CT molecular complexity index is 1020. The van der Waals surface area contributed by atoms with Crippen LogP contribution < -0.4 is 14.8 Å². The fourth-order valence-corrected chi connectivity index (χ4v) is 4.26. The fourth-order valence-electron chi connectivity index (χ4n) is 3.20. The summed E-state index contributed by atoms with van der Waals surface area (Å²) in [5.74, 6) is 1.42. The third-order valence-corrected chi connectivity index (χ3v) is 6.01. The van der Waals surface area contributed by atoms with Crippen molar-refractivity contribution in [2.75, 3.05) is 18.5 Å². The first-order valence-corrected chi connectivity index (χ1v) is 10.5. The van der Waals surface area contributed by atoms with Gasteiger partial charge >= 0.3 is 0 Å². The van der Waals surface area contributed by atoms with Crippen LogP contribution in [0.2, 0.25) is 0 Å². The average molecular weight is 406 g/mol. The van der Waals surface area contributed by atoms with Gasteiger partial charge in [-0.25, -0.2) is 0 Å². The Hall–Kier alpha value is -2.92. The number of amides is 1. The maximum atomic E-state index is 13.3. The van der Waals surface area contributed by atoms with Crippen molar-refractivity contribution in [3.05, 3.63) is 83.4 Å². The van der Waals surface area contributed by atoms with Crippen molar-refractivity contribution < 1.29 is 14.3 Å². The average Bonchev–Trinajstić information content (AvgIpc) is 2.75. The van der Waals surface area contributed by atoms with Crippen molar-refractivity contribution in [2.24, 2.45) is 0 Å². The van der Waals surface area contributed by atoms with Crippen LogP contribution in [0.3, 0.4) is 0 Å². The predicted molar refractivity (Wildman–Crippen MR) is 117 cm³/mol. The Balaban J connectivity index is 1.62. The molecule has 0 aromatic heterocycles. The van der Waals surface area contributed by atoms with Crippen LogP contribution >= 0.6 is 11.8 Å². The van der Waals surface area contributed by atoms with Crippen molar-refractivity contribution in [3.8, 4) is 11.5 Å². The minimum atomic E-state index is -0.390. The Kier molecular flexibility index (Phi) is 5.76. The van der Waals surface area contributed by atoms with Gasteiger partial charge in [0.1, 0.15) is 18.5 Å². The molecule has 5 heteroatoms. The van der Waals surface area contributed by atoms with Crippen molar-refractivity contribution in [3.63, 3.8) is 0 Å². The molecule has 0 spiro atoms. The highest BCUT2D eigenvalue weighted by Crippen LogP contribution is 2.40. The molecule has 1 amide bonds. The fraction of sp³-hybridized carbons (Fsp3) is 0.208. The molecule has 148 valence electrons. The molecule has 1 atom stereocenters. The number of aryl methyl sites for hydroxylation is 2. The molecule has 29 heavy (non-hydrogen) atoms. The van der Waals surface area contributed by atoms with Crippen molar-refractivity contribution in [2.45, 2.75) is 24.0 Å². The van der Waals surface area contributed by atoms with Gasteiger partial charge in [0.25, 0.3) is 0 Å². The van der Waals surface area contributed by atoms with Crippen LogP contribution in [-0.2, 0) is 4.79 Å². The maximum Gasteiger partial charge on any atom is 0.242 e. The van der Waals surface area contributed by atoms with Crippen LogP contribution in [0.4, 0.5) is 5.69 Å². The monoisotopic (exact) mass is 405 g/mol. The zero-order valence-electron chi connectivity index (χ0n) is 16.5. The van der Waals surface area contributed by atoms with E-state index in [1.54, 1.807) is 0 Å². The molecule has 4 nitrogen and oxygen atoms in total. The van der Waals surface area contributed by atoms with Gasteiger partial charge in [0.2, 0.25) is 5.91 Å². The molecular weight excluding hydrogens is 382 g/mol. The van der Waals surface area contributed by atoms with Gasteiger partial charge < -0.3 is 14.8 Å². The van der Waals surface area contributed by atoms with E-state index in [4.69, 9.17) is 9.47 Å². The number of hydrogen-bond acceptors (Lipinski definition) is 4. The van der Waals surface area contributed by atoms with E-state index in [9.17, 15) is 4.79 Å². The second-order valence-electron chi connectivity index (χ2n) is 7.02. The second-order valence-corrected chi connectivity index (χ2v) is 8.20. The van der Waals surface area contributed by atoms with E-state index in [1.165, 1.54) is 11.8 Å². The molecule has 0 aliphatic carbocycles. The number of fused-ring (bicyclic) bond motifs is 1.